The molecule has 2 aliphatic rings. The number of esters is 1. The maximum absolute atomic E-state index is 13.6. The number of ether oxygens (including phenoxy) is 1. The van der Waals surface area contributed by atoms with Gasteiger partial charge in [-0.3, -0.25) is 14.3 Å². The van der Waals surface area contributed by atoms with Crippen molar-refractivity contribution >= 4 is 17.8 Å². The molecule has 1 atom stereocenters. The molecule has 0 unspecified atom stereocenters. The molecule has 0 radical (unpaired) electrons. The van der Waals surface area contributed by atoms with E-state index in [0.717, 1.165) is 38.5 Å². The Bertz CT molecular complexity index is 1030. The maximum atomic E-state index is 13.6. The molecule has 1 saturated carbocycles. The minimum Gasteiger partial charge on any atom is -0.461 e. The molecule has 2 heterocycles. The van der Waals surface area contributed by atoms with Crippen LogP contribution in [-0.4, -0.2) is 57.2 Å². The highest BCUT2D eigenvalue weighted by atomic mass is 16.5. The van der Waals surface area contributed by atoms with E-state index in [9.17, 15) is 14.4 Å². The van der Waals surface area contributed by atoms with Gasteiger partial charge in [0.25, 0.3) is 5.91 Å². The summed E-state index contributed by atoms with van der Waals surface area (Å²) in [6.45, 7) is 4.38. The molecule has 2 amide bonds. The number of rotatable bonds is 8. The monoisotopic (exact) mass is 466 g/mol. The number of fused-ring (bicyclic) bond motifs is 1. The van der Waals surface area contributed by atoms with E-state index in [1.165, 1.54) is 22.7 Å². The molecule has 8 nitrogen and oxygen atoms in total. The second-order valence-corrected chi connectivity index (χ2v) is 9.42. The van der Waals surface area contributed by atoms with Gasteiger partial charge in [-0.05, 0) is 45.1 Å². The van der Waals surface area contributed by atoms with E-state index in [1.54, 1.807) is 18.7 Å². The van der Waals surface area contributed by atoms with Crippen molar-refractivity contribution in [3.8, 4) is 0 Å². The van der Waals surface area contributed by atoms with Crippen LogP contribution in [0.2, 0.25) is 0 Å². The summed E-state index contributed by atoms with van der Waals surface area (Å²) in [5.41, 5.74) is 0.489. The van der Waals surface area contributed by atoms with Gasteiger partial charge in [-0.1, -0.05) is 49.6 Å². The Labute approximate surface area is 200 Å². The van der Waals surface area contributed by atoms with Crippen molar-refractivity contribution < 1.29 is 19.1 Å². The van der Waals surface area contributed by atoms with Crippen LogP contribution in [0.4, 0.5) is 0 Å². The van der Waals surface area contributed by atoms with Gasteiger partial charge in [0, 0.05) is 18.7 Å². The molecule has 34 heavy (non-hydrogen) atoms. The first-order valence-corrected chi connectivity index (χ1v) is 12.3. The Kier molecular flexibility index (Phi) is 7.34. The molecular formula is C26H34N4O4. The molecular weight excluding hydrogens is 432 g/mol. The molecule has 2 aromatic rings. The van der Waals surface area contributed by atoms with Crippen molar-refractivity contribution in [2.75, 3.05) is 13.2 Å². The quantitative estimate of drug-likeness (QED) is 0.602. The van der Waals surface area contributed by atoms with Gasteiger partial charge >= 0.3 is 5.97 Å². The molecule has 1 fully saturated rings. The highest BCUT2D eigenvalue weighted by molar-refractivity contribution is 6.01. The molecule has 1 aliphatic heterocycles. The first-order valence-electron chi connectivity index (χ1n) is 12.3. The summed E-state index contributed by atoms with van der Waals surface area (Å²) >= 11 is 0. The average Bonchev–Trinajstić information content (AvgIpc) is 3.27. The molecule has 1 aliphatic carbocycles. The second-order valence-electron chi connectivity index (χ2n) is 9.42. The molecule has 1 N–H and O–H groups in total. The molecule has 4 rings (SSSR count). The molecule has 0 bridgehead atoms. The summed E-state index contributed by atoms with van der Waals surface area (Å²) in [5.74, 6) is -1.02. The summed E-state index contributed by atoms with van der Waals surface area (Å²) in [6.07, 6.45) is 6.86. The van der Waals surface area contributed by atoms with Gasteiger partial charge in [0.15, 0.2) is 5.69 Å². The van der Waals surface area contributed by atoms with Crippen LogP contribution in [-0.2, 0) is 22.5 Å². The lowest BCUT2D eigenvalue weighted by atomic mass is 9.91. The molecule has 1 aromatic heterocycles. The third-order valence-corrected chi connectivity index (χ3v) is 6.90. The Morgan fingerprint density at radius 3 is 2.62 bits per heavy atom. The van der Waals surface area contributed by atoms with Crippen molar-refractivity contribution in [2.45, 2.75) is 76.9 Å². The van der Waals surface area contributed by atoms with Crippen LogP contribution in [0.3, 0.4) is 0 Å². The van der Waals surface area contributed by atoms with Crippen molar-refractivity contribution in [3.63, 3.8) is 0 Å². The van der Waals surface area contributed by atoms with Crippen LogP contribution in [0.15, 0.2) is 36.4 Å². The Morgan fingerprint density at radius 1 is 1.18 bits per heavy atom. The zero-order valence-corrected chi connectivity index (χ0v) is 20.1. The topological polar surface area (TPSA) is 93.5 Å². The molecule has 8 heteroatoms. The Hall–Kier alpha value is -3.16. The van der Waals surface area contributed by atoms with E-state index >= 15 is 0 Å². The normalized spacial score (nSPS) is 20.6. The molecule has 0 saturated heterocycles. The van der Waals surface area contributed by atoms with Crippen LogP contribution >= 0.6 is 0 Å². The summed E-state index contributed by atoms with van der Waals surface area (Å²) in [7, 11) is 0. The number of carbonyl (C=O) groups is 3. The first kappa shape index (κ1) is 24.0. The number of carbonyl (C=O) groups excluding carboxylic acids is 3. The minimum atomic E-state index is -1.10. The maximum Gasteiger partial charge on any atom is 0.358 e. The fourth-order valence-corrected chi connectivity index (χ4v) is 4.97. The molecule has 1 aromatic carbocycles. The SMILES string of the molecule is CCOC(=O)c1cc2n(n1)C[C@@](C)(C(=O)NC1CCCCC1)N(CCCc1ccccc1)C2=O. The number of hydrogen-bond donors (Lipinski definition) is 1. The van der Waals surface area contributed by atoms with E-state index in [4.69, 9.17) is 4.74 Å². The summed E-state index contributed by atoms with van der Waals surface area (Å²) < 4.78 is 6.55. The zero-order chi connectivity index (χ0) is 24.1. The Morgan fingerprint density at radius 2 is 1.91 bits per heavy atom. The number of benzene rings is 1. The predicted octanol–water partition coefficient (Wildman–Crippen LogP) is 3.36. The van der Waals surface area contributed by atoms with Crippen molar-refractivity contribution in [1.29, 1.82) is 0 Å². The van der Waals surface area contributed by atoms with Crippen LogP contribution < -0.4 is 5.32 Å². The largest absolute Gasteiger partial charge is 0.461 e. The van der Waals surface area contributed by atoms with E-state index in [2.05, 4.69) is 22.5 Å². The molecule has 0 spiro atoms. The highest BCUT2D eigenvalue weighted by Gasteiger charge is 2.48. The van der Waals surface area contributed by atoms with E-state index in [-0.39, 0.29) is 36.7 Å². The third kappa shape index (κ3) is 5.00. The molecule has 182 valence electrons. The van der Waals surface area contributed by atoms with Gasteiger partial charge in [0.2, 0.25) is 5.91 Å². The van der Waals surface area contributed by atoms with E-state index in [1.807, 2.05) is 18.2 Å². The fraction of sp³-hybridized carbons (Fsp3) is 0.538. The summed E-state index contributed by atoms with van der Waals surface area (Å²) in [6, 6.07) is 11.7. The standard InChI is InChI=1S/C26H34N4O4/c1-3-34-24(32)21-17-22-23(31)29(16-10-13-19-11-6-4-7-12-19)26(2,18-30(22)28-21)25(33)27-20-14-8-5-9-15-20/h4,6-7,11-12,17,20H,3,5,8-10,13-16,18H2,1-2H3,(H,27,33)/t26-/m0/s1. The van der Waals surface area contributed by atoms with Crippen LogP contribution in [0.5, 0.6) is 0 Å². The van der Waals surface area contributed by atoms with E-state index < -0.39 is 11.5 Å². The number of amides is 2. The van der Waals surface area contributed by atoms with Crippen molar-refractivity contribution in [2.24, 2.45) is 0 Å². The summed E-state index contributed by atoms with van der Waals surface area (Å²) in [4.78, 5) is 41.1. The smallest absolute Gasteiger partial charge is 0.358 e. The lowest BCUT2D eigenvalue weighted by Crippen LogP contribution is -2.65. The van der Waals surface area contributed by atoms with Gasteiger partial charge in [-0.25, -0.2) is 4.79 Å². The second kappa shape index (κ2) is 10.4. The van der Waals surface area contributed by atoms with Gasteiger partial charge in [-0.15, -0.1) is 0 Å². The summed E-state index contributed by atoms with van der Waals surface area (Å²) in [5, 5.41) is 7.52. The average molecular weight is 467 g/mol. The number of nitrogens with zero attached hydrogens (tertiary/aromatic N) is 3. The van der Waals surface area contributed by atoms with Crippen LogP contribution in [0.1, 0.15) is 78.9 Å². The fourth-order valence-electron chi connectivity index (χ4n) is 4.97. The van der Waals surface area contributed by atoms with E-state index in [0.29, 0.717) is 12.2 Å². The highest BCUT2D eigenvalue weighted by Crippen LogP contribution is 2.29. The Balaban J connectivity index is 1.58. The van der Waals surface area contributed by atoms with Gasteiger partial charge in [0.1, 0.15) is 11.2 Å². The van der Waals surface area contributed by atoms with Crippen LogP contribution in [0, 0.1) is 0 Å². The predicted molar refractivity (Wildman–Crippen MR) is 127 cm³/mol. The lowest BCUT2D eigenvalue weighted by molar-refractivity contribution is -0.134. The van der Waals surface area contributed by atoms with Crippen LogP contribution in [0.25, 0.3) is 0 Å². The van der Waals surface area contributed by atoms with Gasteiger partial charge in [-0.2, -0.15) is 5.10 Å². The van der Waals surface area contributed by atoms with Crippen molar-refractivity contribution in [1.82, 2.24) is 20.0 Å². The zero-order valence-electron chi connectivity index (χ0n) is 20.1. The number of aryl methyl sites for hydroxylation is 1. The number of nitrogens with one attached hydrogen (secondary N) is 1. The third-order valence-electron chi connectivity index (χ3n) is 6.90. The van der Waals surface area contributed by atoms with Gasteiger partial charge < -0.3 is 15.0 Å². The minimum absolute atomic E-state index is 0.0892. The van der Waals surface area contributed by atoms with Crippen molar-refractivity contribution in [3.05, 3.63) is 53.3 Å². The lowest BCUT2D eigenvalue weighted by Gasteiger charge is -2.44. The first-order chi connectivity index (χ1) is 16.4. The van der Waals surface area contributed by atoms with Gasteiger partial charge in [0.05, 0.1) is 13.2 Å². The number of aromatic nitrogens is 2. The number of hydrogen-bond acceptors (Lipinski definition) is 5.